The Kier molecular flexibility index (Phi) is 2.42. The van der Waals surface area contributed by atoms with Gasteiger partial charge in [0.15, 0.2) is 0 Å². The summed E-state index contributed by atoms with van der Waals surface area (Å²) < 4.78 is 1.52. The zero-order chi connectivity index (χ0) is 10.8. The standard InChI is InChI=1S/C9H11N5O/c1-6-10-4-3-7(12-6)9(15)8-5-11-13-14(8)2/h3-5,9,15H,1-2H3. The second-order valence-corrected chi connectivity index (χ2v) is 3.21. The lowest BCUT2D eigenvalue weighted by Gasteiger charge is -2.09. The summed E-state index contributed by atoms with van der Waals surface area (Å²) in [6.07, 6.45) is 2.32. The van der Waals surface area contributed by atoms with Crippen LogP contribution < -0.4 is 0 Å². The highest BCUT2D eigenvalue weighted by molar-refractivity contribution is 5.16. The van der Waals surface area contributed by atoms with E-state index < -0.39 is 6.10 Å². The molecule has 2 rings (SSSR count). The molecule has 0 aromatic carbocycles. The molecule has 0 spiro atoms. The molecule has 1 unspecified atom stereocenters. The second-order valence-electron chi connectivity index (χ2n) is 3.21. The van der Waals surface area contributed by atoms with Crippen LogP contribution in [0.4, 0.5) is 0 Å². The van der Waals surface area contributed by atoms with Gasteiger partial charge in [0.2, 0.25) is 0 Å². The van der Waals surface area contributed by atoms with Crippen LogP contribution in [0.1, 0.15) is 23.3 Å². The lowest BCUT2D eigenvalue weighted by molar-refractivity contribution is 0.204. The minimum absolute atomic E-state index is 0.549. The van der Waals surface area contributed by atoms with Gasteiger partial charge in [0, 0.05) is 13.2 Å². The molecule has 2 aromatic heterocycles. The lowest BCUT2D eigenvalue weighted by atomic mass is 10.2. The third kappa shape index (κ3) is 1.84. The molecular weight excluding hydrogens is 194 g/mol. The largest absolute Gasteiger partial charge is 0.380 e. The van der Waals surface area contributed by atoms with Gasteiger partial charge >= 0.3 is 0 Å². The molecule has 0 saturated heterocycles. The first-order chi connectivity index (χ1) is 7.18. The SMILES string of the molecule is Cc1nccc(C(O)c2cnnn2C)n1. The molecule has 6 nitrogen and oxygen atoms in total. The zero-order valence-corrected chi connectivity index (χ0v) is 8.49. The topological polar surface area (TPSA) is 76.7 Å². The maximum Gasteiger partial charge on any atom is 0.139 e. The highest BCUT2D eigenvalue weighted by Crippen LogP contribution is 2.17. The van der Waals surface area contributed by atoms with Crippen LogP contribution in [0.3, 0.4) is 0 Å². The number of aryl methyl sites for hydroxylation is 2. The van der Waals surface area contributed by atoms with Gasteiger partial charge in [-0.3, -0.25) is 0 Å². The van der Waals surface area contributed by atoms with Gasteiger partial charge in [0.05, 0.1) is 17.6 Å². The van der Waals surface area contributed by atoms with Crippen molar-refractivity contribution in [1.82, 2.24) is 25.0 Å². The van der Waals surface area contributed by atoms with E-state index in [1.165, 1.54) is 10.9 Å². The Morgan fingerprint density at radius 2 is 2.27 bits per heavy atom. The summed E-state index contributed by atoms with van der Waals surface area (Å²) >= 11 is 0. The minimum Gasteiger partial charge on any atom is -0.380 e. The second kappa shape index (κ2) is 3.74. The number of rotatable bonds is 2. The van der Waals surface area contributed by atoms with Crippen LogP contribution in [-0.4, -0.2) is 30.1 Å². The lowest BCUT2D eigenvalue weighted by Crippen LogP contribution is -2.09. The zero-order valence-electron chi connectivity index (χ0n) is 8.49. The average molecular weight is 205 g/mol. The number of aromatic nitrogens is 5. The normalized spacial score (nSPS) is 12.7. The molecule has 0 saturated carbocycles. The van der Waals surface area contributed by atoms with Crippen molar-refractivity contribution in [1.29, 1.82) is 0 Å². The van der Waals surface area contributed by atoms with Crippen LogP contribution >= 0.6 is 0 Å². The fraction of sp³-hybridized carbons (Fsp3) is 0.333. The number of nitrogens with zero attached hydrogens (tertiary/aromatic N) is 5. The molecule has 0 bridgehead atoms. The van der Waals surface area contributed by atoms with Crippen molar-refractivity contribution in [3.63, 3.8) is 0 Å². The molecule has 6 heteroatoms. The third-order valence-corrected chi connectivity index (χ3v) is 2.11. The Morgan fingerprint density at radius 1 is 1.47 bits per heavy atom. The minimum atomic E-state index is -0.813. The van der Waals surface area contributed by atoms with Crippen LogP contribution in [-0.2, 0) is 7.05 Å². The van der Waals surface area contributed by atoms with Gasteiger partial charge in [0.1, 0.15) is 11.9 Å². The van der Waals surface area contributed by atoms with E-state index in [4.69, 9.17) is 0 Å². The summed E-state index contributed by atoms with van der Waals surface area (Å²) in [6, 6.07) is 1.67. The third-order valence-electron chi connectivity index (χ3n) is 2.11. The van der Waals surface area contributed by atoms with E-state index in [9.17, 15) is 5.11 Å². The fourth-order valence-electron chi connectivity index (χ4n) is 1.32. The number of hydrogen-bond acceptors (Lipinski definition) is 5. The predicted octanol–water partition coefficient (Wildman–Crippen LogP) is -0.00478. The molecule has 2 heterocycles. The summed E-state index contributed by atoms with van der Waals surface area (Å²) in [5.74, 6) is 0.627. The van der Waals surface area contributed by atoms with Gasteiger partial charge < -0.3 is 5.11 Å². The number of aliphatic hydroxyl groups excluding tert-OH is 1. The van der Waals surface area contributed by atoms with Crippen LogP contribution in [0.15, 0.2) is 18.5 Å². The van der Waals surface area contributed by atoms with Gasteiger partial charge in [-0.2, -0.15) is 0 Å². The first-order valence-electron chi connectivity index (χ1n) is 4.50. The van der Waals surface area contributed by atoms with Crippen molar-refractivity contribution in [2.45, 2.75) is 13.0 Å². The van der Waals surface area contributed by atoms with E-state index in [1.807, 2.05) is 0 Å². The van der Waals surface area contributed by atoms with Crippen LogP contribution in [0.25, 0.3) is 0 Å². The molecule has 2 aromatic rings. The van der Waals surface area contributed by atoms with E-state index in [-0.39, 0.29) is 0 Å². The van der Waals surface area contributed by atoms with Crippen LogP contribution in [0.5, 0.6) is 0 Å². The van der Waals surface area contributed by atoms with Gasteiger partial charge in [-0.25, -0.2) is 14.6 Å². The Balaban J connectivity index is 2.36. The Bertz CT molecular complexity index is 467. The van der Waals surface area contributed by atoms with E-state index in [2.05, 4.69) is 20.3 Å². The average Bonchev–Trinajstić information content (AvgIpc) is 2.63. The molecule has 1 N–H and O–H groups in total. The van der Waals surface area contributed by atoms with Crippen LogP contribution in [0.2, 0.25) is 0 Å². The van der Waals surface area contributed by atoms with Gasteiger partial charge in [-0.1, -0.05) is 5.21 Å². The summed E-state index contributed by atoms with van der Waals surface area (Å²) in [6.45, 7) is 1.78. The quantitative estimate of drug-likeness (QED) is 0.746. The van der Waals surface area contributed by atoms with Gasteiger partial charge in [0.25, 0.3) is 0 Å². The first-order valence-corrected chi connectivity index (χ1v) is 4.50. The highest BCUT2D eigenvalue weighted by Gasteiger charge is 2.16. The first kappa shape index (κ1) is 9.72. The van der Waals surface area contributed by atoms with Crippen molar-refractivity contribution >= 4 is 0 Å². The molecule has 15 heavy (non-hydrogen) atoms. The molecule has 0 aliphatic carbocycles. The van der Waals surface area contributed by atoms with Gasteiger partial charge in [-0.15, -0.1) is 5.10 Å². The highest BCUT2D eigenvalue weighted by atomic mass is 16.3. The van der Waals surface area contributed by atoms with Crippen molar-refractivity contribution in [3.05, 3.63) is 35.7 Å². The van der Waals surface area contributed by atoms with E-state index >= 15 is 0 Å². The Labute approximate surface area is 86.6 Å². The molecule has 78 valence electrons. The monoisotopic (exact) mass is 205 g/mol. The van der Waals surface area contributed by atoms with E-state index in [1.54, 1.807) is 26.2 Å². The van der Waals surface area contributed by atoms with Crippen molar-refractivity contribution < 1.29 is 5.11 Å². The number of aliphatic hydroxyl groups is 1. The molecule has 0 aliphatic heterocycles. The van der Waals surface area contributed by atoms with Crippen molar-refractivity contribution in [2.75, 3.05) is 0 Å². The predicted molar refractivity (Wildman–Crippen MR) is 51.8 cm³/mol. The summed E-state index contributed by atoms with van der Waals surface area (Å²) in [7, 11) is 1.72. The van der Waals surface area contributed by atoms with E-state index in [0.29, 0.717) is 17.2 Å². The number of hydrogen-bond donors (Lipinski definition) is 1. The van der Waals surface area contributed by atoms with Crippen molar-refractivity contribution in [3.8, 4) is 0 Å². The van der Waals surface area contributed by atoms with Gasteiger partial charge in [-0.05, 0) is 13.0 Å². The summed E-state index contributed by atoms with van der Waals surface area (Å²) in [5.41, 5.74) is 1.15. The molecule has 0 fully saturated rings. The molecule has 0 aliphatic rings. The molecular formula is C9H11N5O. The molecule has 1 atom stereocenters. The smallest absolute Gasteiger partial charge is 0.139 e. The fourth-order valence-corrected chi connectivity index (χ4v) is 1.32. The summed E-state index contributed by atoms with van der Waals surface area (Å²) in [5, 5.41) is 17.4. The van der Waals surface area contributed by atoms with Crippen molar-refractivity contribution in [2.24, 2.45) is 7.05 Å². The molecule has 0 amide bonds. The maximum absolute atomic E-state index is 9.99. The molecule has 0 radical (unpaired) electrons. The van der Waals surface area contributed by atoms with Crippen LogP contribution in [0, 0.1) is 6.92 Å². The maximum atomic E-state index is 9.99. The Hall–Kier alpha value is -1.82. The van der Waals surface area contributed by atoms with E-state index in [0.717, 1.165) is 0 Å². The Morgan fingerprint density at radius 3 is 2.87 bits per heavy atom. The summed E-state index contributed by atoms with van der Waals surface area (Å²) in [4.78, 5) is 8.11.